The van der Waals surface area contributed by atoms with Crippen LogP contribution in [0.15, 0.2) is 53.5 Å². The molecule has 2 aliphatic heterocycles. The predicted molar refractivity (Wildman–Crippen MR) is 152 cm³/mol. The minimum atomic E-state index is -0.464. The zero-order valence-electron chi connectivity index (χ0n) is 22.9. The number of para-hydroxylation sites is 1. The largest absolute Gasteiger partial charge is 0.487 e. The van der Waals surface area contributed by atoms with E-state index < -0.39 is 11.6 Å². The fourth-order valence-corrected chi connectivity index (χ4v) is 6.24. The van der Waals surface area contributed by atoms with E-state index in [4.69, 9.17) is 21.9 Å². The molecule has 1 aliphatic carbocycles. The number of ether oxygens (including phenoxy) is 1. The highest BCUT2D eigenvalue weighted by atomic mass is 16.5. The van der Waals surface area contributed by atoms with Gasteiger partial charge in [0.1, 0.15) is 11.4 Å². The normalized spacial score (nSPS) is 21.6. The second-order valence-electron chi connectivity index (χ2n) is 11.1. The van der Waals surface area contributed by atoms with Crippen molar-refractivity contribution in [3.8, 4) is 18.1 Å². The molecule has 1 unspecified atom stereocenters. The van der Waals surface area contributed by atoms with Crippen LogP contribution in [0.25, 0.3) is 0 Å². The number of aliphatic imine (C=N–C) groups is 1. The van der Waals surface area contributed by atoms with Crippen molar-refractivity contribution in [3.63, 3.8) is 0 Å². The molecule has 2 amide bonds. The second kappa shape index (κ2) is 10.8. The van der Waals surface area contributed by atoms with Gasteiger partial charge in [-0.3, -0.25) is 14.5 Å². The zero-order valence-corrected chi connectivity index (χ0v) is 22.9. The summed E-state index contributed by atoms with van der Waals surface area (Å²) in [6.07, 6.45) is 12.3. The molecule has 0 saturated heterocycles. The van der Waals surface area contributed by atoms with Crippen molar-refractivity contribution in [2.24, 2.45) is 10.7 Å². The van der Waals surface area contributed by atoms with Crippen LogP contribution in [0.2, 0.25) is 0 Å². The smallest absolute Gasteiger partial charge is 0.251 e. The highest BCUT2D eigenvalue weighted by Gasteiger charge is 2.46. The Morgan fingerprint density at radius 1 is 1.23 bits per heavy atom. The third-order valence-electron chi connectivity index (χ3n) is 8.84. The number of benzene rings is 2. The van der Waals surface area contributed by atoms with Gasteiger partial charge in [0.25, 0.3) is 5.91 Å². The molecule has 0 radical (unpaired) electrons. The Bertz CT molecular complexity index is 1320. The third-order valence-corrected chi connectivity index (χ3v) is 8.84. The summed E-state index contributed by atoms with van der Waals surface area (Å²) in [5.74, 6) is 3.53. The Kier molecular flexibility index (Phi) is 7.40. The molecule has 2 heterocycles. The summed E-state index contributed by atoms with van der Waals surface area (Å²) < 4.78 is 6.35. The maximum absolute atomic E-state index is 13.6. The summed E-state index contributed by atoms with van der Waals surface area (Å²) in [5, 5.41) is 3.27. The minimum Gasteiger partial charge on any atom is -0.487 e. The second-order valence-corrected chi connectivity index (χ2v) is 11.1. The molecule has 2 aromatic rings. The average Bonchev–Trinajstić information content (AvgIpc) is 2.93. The molecule has 2 aromatic carbocycles. The molecule has 1 spiro atoms. The first-order valence-corrected chi connectivity index (χ1v) is 14.1. The fourth-order valence-electron chi connectivity index (χ4n) is 6.24. The highest BCUT2D eigenvalue weighted by molar-refractivity contribution is 6.00. The molecule has 3 N–H and O–H groups in total. The van der Waals surface area contributed by atoms with Crippen molar-refractivity contribution in [2.75, 3.05) is 0 Å². The van der Waals surface area contributed by atoms with E-state index >= 15 is 0 Å². The molecule has 5 rings (SSSR count). The SMILES string of the molecule is C#CCCC(c1cccc(C(=O)N[C@@H]2CC3(CCC3)Oc3ccccc32)c1)N1C(=O)CC(CC)(CC)N=C1N. The lowest BCUT2D eigenvalue weighted by Crippen LogP contribution is -2.52. The van der Waals surface area contributed by atoms with Crippen LogP contribution in [-0.2, 0) is 4.79 Å². The molecule has 0 bridgehead atoms. The summed E-state index contributed by atoms with van der Waals surface area (Å²) >= 11 is 0. The van der Waals surface area contributed by atoms with Gasteiger partial charge in [-0.05, 0) is 62.3 Å². The molecule has 2 atom stereocenters. The molecular formula is C32H38N4O3. The fraction of sp³-hybridized carbons (Fsp3) is 0.469. The average molecular weight is 527 g/mol. The molecule has 204 valence electrons. The van der Waals surface area contributed by atoms with Gasteiger partial charge in [0.2, 0.25) is 5.91 Å². The van der Waals surface area contributed by atoms with Crippen molar-refractivity contribution in [3.05, 3.63) is 65.2 Å². The molecule has 7 nitrogen and oxygen atoms in total. The lowest BCUT2D eigenvalue weighted by Gasteiger charge is -2.48. The van der Waals surface area contributed by atoms with E-state index in [0.717, 1.165) is 55.4 Å². The number of terminal acetylenes is 1. The van der Waals surface area contributed by atoms with Gasteiger partial charge in [-0.1, -0.05) is 44.2 Å². The number of nitrogens with zero attached hydrogens (tertiary/aromatic N) is 2. The summed E-state index contributed by atoms with van der Waals surface area (Å²) in [4.78, 5) is 33.4. The summed E-state index contributed by atoms with van der Waals surface area (Å²) in [6.45, 7) is 4.07. The van der Waals surface area contributed by atoms with Crippen LogP contribution in [0.4, 0.5) is 0 Å². The Balaban J connectivity index is 1.41. The number of nitrogens with one attached hydrogen (secondary N) is 1. The number of rotatable bonds is 8. The van der Waals surface area contributed by atoms with Crippen molar-refractivity contribution in [2.45, 2.75) is 94.9 Å². The maximum Gasteiger partial charge on any atom is 0.251 e. The van der Waals surface area contributed by atoms with Crippen LogP contribution < -0.4 is 15.8 Å². The molecule has 1 fully saturated rings. The van der Waals surface area contributed by atoms with Crippen LogP contribution in [0, 0.1) is 12.3 Å². The van der Waals surface area contributed by atoms with E-state index in [1.165, 1.54) is 0 Å². The molecule has 3 aliphatic rings. The van der Waals surface area contributed by atoms with Gasteiger partial charge in [0, 0.05) is 24.0 Å². The van der Waals surface area contributed by atoms with E-state index in [0.29, 0.717) is 24.8 Å². The molecule has 1 saturated carbocycles. The van der Waals surface area contributed by atoms with Gasteiger partial charge in [-0.2, -0.15) is 0 Å². The van der Waals surface area contributed by atoms with Crippen LogP contribution in [0.3, 0.4) is 0 Å². The number of fused-ring (bicyclic) bond motifs is 1. The van der Waals surface area contributed by atoms with Crippen LogP contribution in [0.1, 0.15) is 105 Å². The van der Waals surface area contributed by atoms with Crippen LogP contribution in [0.5, 0.6) is 5.75 Å². The molecule has 0 aromatic heterocycles. The van der Waals surface area contributed by atoms with Crippen molar-refractivity contribution in [1.29, 1.82) is 0 Å². The monoisotopic (exact) mass is 526 g/mol. The van der Waals surface area contributed by atoms with E-state index in [2.05, 4.69) is 11.2 Å². The Hall–Kier alpha value is -3.79. The van der Waals surface area contributed by atoms with E-state index in [1.54, 1.807) is 11.0 Å². The number of hydrogen-bond donors (Lipinski definition) is 2. The summed E-state index contributed by atoms with van der Waals surface area (Å²) in [6, 6.07) is 14.8. The number of carbonyl (C=O) groups excluding carboxylic acids is 2. The summed E-state index contributed by atoms with van der Waals surface area (Å²) in [7, 11) is 0. The predicted octanol–water partition coefficient (Wildman–Crippen LogP) is 5.42. The van der Waals surface area contributed by atoms with Gasteiger partial charge < -0.3 is 15.8 Å². The number of amides is 2. The van der Waals surface area contributed by atoms with Crippen molar-refractivity contribution in [1.82, 2.24) is 10.2 Å². The van der Waals surface area contributed by atoms with Crippen LogP contribution in [-0.4, -0.2) is 33.8 Å². The lowest BCUT2D eigenvalue weighted by molar-refractivity contribution is -0.131. The lowest BCUT2D eigenvalue weighted by atomic mass is 9.73. The molecule has 39 heavy (non-hydrogen) atoms. The van der Waals surface area contributed by atoms with E-state index in [9.17, 15) is 9.59 Å². The Morgan fingerprint density at radius 2 is 2.00 bits per heavy atom. The molecule has 7 heteroatoms. The van der Waals surface area contributed by atoms with Gasteiger partial charge in [0.15, 0.2) is 5.96 Å². The zero-order chi connectivity index (χ0) is 27.6. The highest BCUT2D eigenvalue weighted by Crippen LogP contribution is 2.48. The first kappa shape index (κ1) is 26.8. The van der Waals surface area contributed by atoms with Crippen LogP contribution >= 0.6 is 0 Å². The van der Waals surface area contributed by atoms with Crippen molar-refractivity contribution < 1.29 is 14.3 Å². The topological polar surface area (TPSA) is 97.0 Å². The van der Waals surface area contributed by atoms with Gasteiger partial charge in [-0.25, -0.2) is 4.99 Å². The number of hydrogen-bond acceptors (Lipinski definition) is 5. The first-order chi connectivity index (χ1) is 18.8. The maximum atomic E-state index is 13.6. The quantitative estimate of drug-likeness (QED) is 0.449. The van der Waals surface area contributed by atoms with Gasteiger partial charge >= 0.3 is 0 Å². The molecular weight excluding hydrogens is 488 g/mol. The Labute approximate surface area is 231 Å². The standard InChI is InChI=1S/C32H38N4O3/c1-4-7-15-26(36-28(37)21-31(5-2,6-3)35-30(36)33)22-12-10-13-23(19-22)29(38)34-25-20-32(17-11-18-32)39-27-16-9-8-14-24(25)27/h1,8-10,12-14,16,19,25-26H,5-7,11,15,17-18,20-21H2,2-3H3,(H2,33,35)(H,34,38)/t25-,26?/m1/s1. The number of guanidine groups is 1. The van der Waals surface area contributed by atoms with Gasteiger partial charge in [-0.15, -0.1) is 12.3 Å². The third kappa shape index (κ3) is 5.13. The first-order valence-electron chi connectivity index (χ1n) is 14.1. The van der Waals surface area contributed by atoms with Crippen molar-refractivity contribution >= 4 is 17.8 Å². The van der Waals surface area contributed by atoms with E-state index in [-0.39, 0.29) is 29.4 Å². The minimum absolute atomic E-state index is 0.0623. The number of nitrogens with two attached hydrogens (primary N) is 1. The Morgan fingerprint density at radius 3 is 2.67 bits per heavy atom. The number of carbonyl (C=O) groups is 2. The van der Waals surface area contributed by atoms with Gasteiger partial charge in [0.05, 0.1) is 24.0 Å². The summed E-state index contributed by atoms with van der Waals surface area (Å²) in [5.41, 5.74) is 8.12. The van der Waals surface area contributed by atoms with E-state index in [1.807, 2.05) is 56.3 Å².